The first kappa shape index (κ1) is 22.7. The lowest BCUT2D eigenvalue weighted by Gasteiger charge is -2.44. The van der Waals surface area contributed by atoms with Crippen LogP contribution >= 0.6 is 23.4 Å². The van der Waals surface area contributed by atoms with Crippen molar-refractivity contribution in [3.8, 4) is 0 Å². The van der Waals surface area contributed by atoms with Gasteiger partial charge in [-0.3, -0.25) is 9.59 Å². The molecule has 0 aromatic heterocycles. The molecule has 1 aromatic carbocycles. The van der Waals surface area contributed by atoms with Crippen LogP contribution in [-0.2, 0) is 9.59 Å². The second-order valence-corrected chi connectivity index (χ2v) is 11.2. The van der Waals surface area contributed by atoms with E-state index in [0.717, 1.165) is 42.6 Å². The van der Waals surface area contributed by atoms with E-state index < -0.39 is 0 Å². The number of fused-ring (bicyclic) bond motifs is 1. The summed E-state index contributed by atoms with van der Waals surface area (Å²) in [5.74, 6) is 1.07. The molecule has 0 spiro atoms. The predicted octanol–water partition coefficient (Wildman–Crippen LogP) is 5.51. The maximum absolute atomic E-state index is 13.4. The zero-order valence-corrected chi connectivity index (χ0v) is 20.1. The molecule has 1 N–H and O–H groups in total. The molecule has 2 saturated carbocycles. The topological polar surface area (TPSA) is 49.4 Å². The summed E-state index contributed by atoms with van der Waals surface area (Å²) in [5, 5.41) is 4.28. The highest BCUT2D eigenvalue weighted by Gasteiger charge is 2.41. The Morgan fingerprint density at radius 1 is 1.19 bits per heavy atom. The van der Waals surface area contributed by atoms with Gasteiger partial charge in [0, 0.05) is 22.4 Å². The molecule has 4 nitrogen and oxygen atoms in total. The van der Waals surface area contributed by atoms with Gasteiger partial charge in [0.2, 0.25) is 5.91 Å². The van der Waals surface area contributed by atoms with E-state index in [2.05, 4.69) is 19.2 Å². The molecule has 1 aliphatic heterocycles. The lowest BCUT2D eigenvalue weighted by atomic mass is 9.78. The van der Waals surface area contributed by atoms with Crippen molar-refractivity contribution in [2.45, 2.75) is 76.1 Å². The lowest BCUT2D eigenvalue weighted by Crippen LogP contribution is -2.55. The number of nitrogens with zero attached hydrogens (tertiary/aromatic N) is 1. The van der Waals surface area contributed by atoms with Crippen molar-refractivity contribution in [3.63, 3.8) is 0 Å². The monoisotopic (exact) mass is 460 g/mol. The summed E-state index contributed by atoms with van der Waals surface area (Å²) in [6.45, 7) is 4.67. The Morgan fingerprint density at radius 2 is 2.00 bits per heavy atom. The van der Waals surface area contributed by atoms with Crippen molar-refractivity contribution in [3.05, 3.63) is 39.8 Å². The van der Waals surface area contributed by atoms with Crippen LogP contribution in [0, 0.1) is 11.8 Å². The summed E-state index contributed by atoms with van der Waals surface area (Å²) in [7, 11) is 0. The predicted molar refractivity (Wildman–Crippen MR) is 129 cm³/mol. The van der Waals surface area contributed by atoms with Gasteiger partial charge < -0.3 is 10.2 Å². The zero-order valence-electron chi connectivity index (χ0n) is 18.5. The van der Waals surface area contributed by atoms with Crippen molar-refractivity contribution in [1.82, 2.24) is 10.2 Å². The highest BCUT2D eigenvalue weighted by atomic mass is 35.5. The number of halogens is 1. The van der Waals surface area contributed by atoms with Crippen LogP contribution in [0.3, 0.4) is 0 Å². The summed E-state index contributed by atoms with van der Waals surface area (Å²) >= 11 is 7.82. The van der Waals surface area contributed by atoms with E-state index in [4.69, 9.17) is 11.6 Å². The standard InChI is InChI=1S/C25H33ClN2O2S/c1-16-7-5-10-20(17(16)2)27-24(29)15-28-21-11-3-4-12-22(21)31-23(25(28)30)14-18-8-6-9-19(26)13-18/h6,8-9,13-14,16-17,20-22H,3-5,7,10-12,15H2,1-2H3,(H,27,29)/b23-14+. The van der Waals surface area contributed by atoms with E-state index in [1.807, 2.05) is 35.2 Å². The molecule has 6 heteroatoms. The number of benzene rings is 1. The normalized spacial score (nSPS) is 32.6. The third-order valence-corrected chi connectivity index (χ3v) is 8.97. The third-order valence-electron chi connectivity index (χ3n) is 7.33. The van der Waals surface area contributed by atoms with Gasteiger partial charge in [-0.05, 0) is 54.9 Å². The summed E-state index contributed by atoms with van der Waals surface area (Å²) in [5.41, 5.74) is 0.923. The molecule has 5 atom stereocenters. The molecule has 168 valence electrons. The van der Waals surface area contributed by atoms with E-state index in [1.54, 1.807) is 11.8 Å². The zero-order chi connectivity index (χ0) is 22.0. The first-order valence-electron chi connectivity index (χ1n) is 11.7. The molecule has 31 heavy (non-hydrogen) atoms. The van der Waals surface area contributed by atoms with Crippen LogP contribution in [-0.4, -0.2) is 40.6 Å². The third kappa shape index (κ3) is 5.31. The number of rotatable bonds is 4. The number of carbonyl (C=O) groups excluding carboxylic acids is 2. The minimum Gasteiger partial charge on any atom is -0.352 e. The lowest BCUT2D eigenvalue weighted by molar-refractivity contribution is -0.136. The molecular formula is C25H33ClN2O2S. The molecule has 2 amide bonds. The van der Waals surface area contributed by atoms with Crippen LogP contribution in [0.25, 0.3) is 6.08 Å². The van der Waals surface area contributed by atoms with E-state index in [0.29, 0.717) is 22.1 Å². The number of nitrogens with one attached hydrogen (secondary N) is 1. The van der Waals surface area contributed by atoms with Crippen molar-refractivity contribution < 1.29 is 9.59 Å². The Bertz CT molecular complexity index is 858. The average molecular weight is 461 g/mol. The first-order chi connectivity index (χ1) is 14.9. The van der Waals surface area contributed by atoms with Crippen molar-refractivity contribution in [2.75, 3.05) is 6.54 Å². The van der Waals surface area contributed by atoms with Gasteiger partial charge in [-0.25, -0.2) is 0 Å². The minimum absolute atomic E-state index is 0.0161. The minimum atomic E-state index is -0.0201. The molecule has 5 unspecified atom stereocenters. The summed E-state index contributed by atoms with van der Waals surface area (Å²) in [6, 6.07) is 7.93. The highest BCUT2D eigenvalue weighted by molar-refractivity contribution is 8.04. The van der Waals surface area contributed by atoms with Crippen molar-refractivity contribution in [2.24, 2.45) is 11.8 Å². The van der Waals surface area contributed by atoms with Crippen molar-refractivity contribution >= 4 is 41.3 Å². The van der Waals surface area contributed by atoms with Crippen LogP contribution < -0.4 is 5.32 Å². The fourth-order valence-corrected chi connectivity index (χ4v) is 6.97. The molecule has 3 aliphatic rings. The van der Waals surface area contributed by atoms with E-state index in [-0.39, 0.29) is 30.4 Å². The van der Waals surface area contributed by atoms with Gasteiger partial charge in [0.25, 0.3) is 5.91 Å². The van der Waals surface area contributed by atoms with E-state index >= 15 is 0 Å². The molecule has 0 bridgehead atoms. The van der Waals surface area contributed by atoms with Gasteiger partial charge in [0.15, 0.2) is 0 Å². The first-order valence-corrected chi connectivity index (χ1v) is 12.9. The smallest absolute Gasteiger partial charge is 0.261 e. The van der Waals surface area contributed by atoms with E-state index in [9.17, 15) is 9.59 Å². The van der Waals surface area contributed by atoms with Gasteiger partial charge in [0.05, 0.1) is 4.91 Å². The van der Waals surface area contributed by atoms with E-state index in [1.165, 1.54) is 12.8 Å². The molecule has 0 radical (unpaired) electrons. The Morgan fingerprint density at radius 3 is 2.81 bits per heavy atom. The maximum atomic E-state index is 13.4. The Kier molecular flexibility index (Phi) is 7.33. The van der Waals surface area contributed by atoms with Gasteiger partial charge in [-0.1, -0.05) is 63.3 Å². The fourth-order valence-electron chi connectivity index (χ4n) is 5.30. The number of carbonyl (C=O) groups is 2. The van der Waals surface area contributed by atoms with Gasteiger partial charge in [-0.2, -0.15) is 0 Å². The molecule has 1 heterocycles. The number of hydrogen-bond donors (Lipinski definition) is 1. The quantitative estimate of drug-likeness (QED) is 0.603. The Balaban J connectivity index is 1.51. The van der Waals surface area contributed by atoms with Crippen molar-refractivity contribution in [1.29, 1.82) is 0 Å². The van der Waals surface area contributed by atoms with Gasteiger partial charge in [0.1, 0.15) is 6.54 Å². The van der Waals surface area contributed by atoms with Gasteiger partial charge >= 0.3 is 0 Å². The summed E-state index contributed by atoms with van der Waals surface area (Å²) in [4.78, 5) is 29.0. The molecule has 1 aromatic rings. The summed E-state index contributed by atoms with van der Waals surface area (Å²) < 4.78 is 0. The SMILES string of the molecule is CC1CCCC(NC(=O)CN2C(=O)/C(=C\c3cccc(Cl)c3)SC3CCCCC32)C1C. The van der Waals surface area contributed by atoms with Crippen LogP contribution in [0.4, 0.5) is 0 Å². The van der Waals surface area contributed by atoms with Crippen LogP contribution in [0.1, 0.15) is 64.4 Å². The Labute approximate surface area is 195 Å². The summed E-state index contributed by atoms with van der Waals surface area (Å²) in [6.07, 6.45) is 9.74. The van der Waals surface area contributed by atoms with Crippen LogP contribution in [0.15, 0.2) is 29.2 Å². The molecule has 3 fully saturated rings. The maximum Gasteiger partial charge on any atom is 0.261 e. The van der Waals surface area contributed by atoms with Gasteiger partial charge in [-0.15, -0.1) is 11.8 Å². The number of amides is 2. The number of hydrogen-bond acceptors (Lipinski definition) is 3. The second-order valence-electron chi connectivity index (χ2n) is 9.45. The molecule has 1 saturated heterocycles. The molecule has 4 rings (SSSR count). The Hall–Kier alpha value is -1.46. The number of thioether (sulfide) groups is 1. The molecule has 2 aliphatic carbocycles. The second kappa shape index (κ2) is 9.99. The largest absolute Gasteiger partial charge is 0.352 e. The fraction of sp³-hybridized carbons (Fsp3) is 0.600. The molecular weight excluding hydrogens is 428 g/mol. The van der Waals surface area contributed by atoms with Crippen LogP contribution in [0.5, 0.6) is 0 Å². The highest BCUT2D eigenvalue weighted by Crippen LogP contribution is 2.42. The average Bonchev–Trinajstić information content (AvgIpc) is 2.74. The van der Waals surface area contributed by atoms with Crippen LogP contribution in [0.2, 0.25) is 5.02 Å².